The van der Waals surface area contributed by atoms with Gasteiger partial charge in [-0.05, 0) is 11.6 Å². The second-order valence-electron chi connectivity index (χ2n) is 3.08. The summed E-state index contributed by atoms with van der Waals surface area (Å²) in [7, 11) is 0. The van der Waals surface area contributed by atoms with Crippen LogP contribution in [0.3, 0.4) is 0 Å². The van der Waals surface area contributed by atoms with E-state index in [1.807, 2.05) is 0 Å². The number of alkyl halides is 3. The van der Waals surface area contributed by atoms with Crippen molar-refractivity contribution >= 4 is 5.69 Å². The van der Waals surface area contributed by atoms with Crippen LogP contribution in [0.2, 0.25) is 0 Å². The summed E-state index contributed by atoms with van der Waals surface area (Å²) in [6.07, 6.45) is -5.04. The van der Waals surface area contributed by atoms with Crippen molar-refractivity contribution < 1.29 is 17.9 Å². The fraction of sp³-hybridized carbons (Fsp3) is 0.333. The van der Waals surface area contributed by atoms with Crippen LogP contribution in [0.15, 0.2) is 6.07 Å². The second kappa shape index (κ2) is 4.88. The molecule has 0 fully saturated rings. The third-order valence-corrected chi connectivity index (χ3v) is 1.85. The van der Waals surface area contributed by atoms with Gasteiger partial charge in [-0.2, -0.15) is 5.26 Å². The zero-order chi connectivity index (χ0) is 13.1. The Hall–Kier alpha value is -2.01. The van der Waals surface area contributed by atoms with E-state index in [1.165, 1.54) is 6.07 Å². The van der Waals surface area contributed by atoms with E-state index in [4.69, 9.17) is 16.7 Å². The van der Waals surface area contributed by atoms with E-state index in [2.05, 4.69) is 9.72 Å². The van der Waals surface area contributed by atoms with Crippen molar-refractivity contribution in [3.05, 3.63) is 17.3 Å². The molecule has 0 aliphatic carbocycles. The predicted octanol–water partition coefficient (Wildman–Crippen LogP) is 1.09. The van der Waals surface area contributed by atoms with E-state index in [-0.39, 0.29) is 29.9 Å². The molecule has 0 saturated heterocycles. The number of anilines is 1. The van der Waals surface area contributed by atoms with Crippen LogP contribution in [0, 0.1) is 11.3 Å². The number of rotatable bonds is 3. The van der Waals surface area contributed by atoms with Crippen molar-refractivity contribution in [1.82, 2.24) is 4.98 Å². The number of aromatic nitrogens is 1. The third-order valence-electron chi connectivity index (χ3n) is 1.85. The number of hydrogen-bond acceptors (Lipinski definition) is 5. The Morgan fingerprint density at radius 2 is 2.12 bits per heavy atom. The van der Waals surface area contributed by atoms with E-state index in [9.17, 15) is 13.2 Å². The van der Waals surface area contributed by atoms with Gasteiger partial charge in [0.15, 0.2) is 0 Å². The van der Waals surface area contributed by atoms with Gasteiger partial charge >= 0.3 is 6.36 Å². The third kappa shape index (κ3) is 3.49. The normalized spacial score (nSPS) is 11.0. The Morgan fingerprint density at radius 1 is 1.47 bits per heavy atom. The average Bonchev–Trinajstić information content (AvgIpc) is 2.21. The summed E-state index contributed by atoms with van der Waals surface area (Å²) >= 11 is 0. The minimum absolute atomic E-state index is 0.0685. The first-order valence-corrected chi connectivity index (χ1v) is 4.48. The molecule has 0 aliphatic rings. The Labute approximate surface area is 94.8 Å². The molecule has 8 heteroatoms. The maximum atomic E-state index is 12.1. The predicted molar refractivity (Wildman–Crippen MR) is 52.5 cm³/mol. The van der Waals surface area contributed by atoms with Crippen LogP contribution in [0.4, 0.5) is 18.9 Å². The Balaban J connectivity index is 3.19. The Kier molecular flexibility index (Phi) is 3.75. The molecule has 4 N–H and O–H groups in total. The molecule has 0 aliphatic heterocycles. The molecule has 0 amide bonds. The first-order chi connectivity index (χ1) is 7.87. The molecule has 1 rings (SSSR count). The van der Waals surface area contributed by atoms with Gasteiger partial charge in [0.1, 0.15) is 0 Å². The van der Waals surface area contributed by atoms with Crippen molar-refractivity contribution in [2.75, 3.05) is 5.73 Å². The van der Waals surface area contributed by atoms with Crippen LogP contribution >= 0.6 is 0 Å². The van der Waals surface area contributed by atoms with Gasteiger partial charge in [-0.3, -0.25) is 0 Å². The monoisotopic (exact) mass is 246 g/mol. The molecular formula is C9H9F3N4O. The highest BCUT2D eigenvalue weighted by Crippen LogP contribution is 2.29. The summed E-state index contributed by atoms with van der Waals surface area (Å²) in [5.74, 6) is -0.772. The highest BCUT2D eigenvalue weighted by atomic mass is 19.4. The van der Waals surface area contributed by atoms with Crippen LogP contribution in [0.5, 0.6) is 5.88 Å². The van der Waals surface area contributed by atoms with Gasteiger partial charge in [-0.15, -0.1) is 13.2 Å². The molecule has 0 spiro atoms. The number of hydrogen-bond donors (Lipinski definition) is 2. The molecule has 0 saturated carbocycles. The molecule has 0 unspecified atom stereocenters. The van der Waals surface area contributed by atoms with Crippen molar-refractivity contribution in [1.29, 1.82) is 5.26 Å². The van der Waals surface area contributed by atoms with Gasteiger partial charge in [-0.25, -0.2) is 4.98 Å². The number of nitrogen functional groups attached to an aromatic ring is 1. The molecule has 17 heavy (non-hydrogen) atoms. The Morgan fingerprint density at radius 3 is 2.59 bits per heavy atom. The lowest BCUT2D eigenvalue weighted by atomic mass is 10.1. The summed E-state index contributed by atoms with van der Waals surface area (Å²) in [5.41, 5.74) is 10.8. The lowest BCUT2D eigenvalue weighted by Crippen LogP contribution is -2.20. The van der Waals surface area contributed by atoms with Crippen LogP contribution in [0.25, 0.3) is 0 Å². The molecular weight excluding hydrogens is 237 g/mol. The summed E-state index contributed by atoms with van der Waals surface area (Å²) in [4.78, 5) is 3.51. The van der Waals surface area contributed by atoms with Crippen molar-refractivity contribution in [3.8, 4) is 11.9 Å². The van der Waals surface area contributed by atoms with E-state index in [0.29, 0.717) is 0 Å². The van der Waals surface area contributed by atoms with Crippen LogP contribution in [-0.2, 0) is 13.0 Å². The highest BCUT2D eigenvalue weighted by Gasteiger charge is 2.33. The van der Waals surface area contributed by atoms with Crippen molar-refractivity contribution in [3.63, 3.8) is 0 Å². The maximum Gasteiger partial charge on any atom is 0.574 e. The van der Waals surface area contributed by atoms with E-state index in [1.54, 1.807) is 6.07 Å². The second-order valence-corrected chi connectivity index (χ2v) is 3.08. The number of nitriles is 1. The standard InChI is InChI=1S/C9H9F3N4O/c10-9(11,12)17-8-7(15)5(4-14)3-6(16-8)1-2-13/h3H,1,4,14-15H2. The topological polar surface area (TPSA) is 98.0 Å². The summed E-state index contributed by atoms with van der Waals surface area (Å²) in [5, 5.41) is 8.46. The van der Waals surface area contributed by atoms with E-state index in [0.717, 1.165) is 0 Å². The minimum Gasteiger partial charge on any atom is -0.394 e. The van der Waals surface area contributed by atoms with Crippen molar-refractivity contribution in [2.24, 2.45) is 5.73 Å². The smallest absolute Gasteiger partial charge is 0.394 e. The molecule has 0 radical (unpaired) electrons. The van der Waals surface area contributed by atoms with Crippen molar-refractivity contribution in [2.45, 2.75) is 19.3 Å². The van der Waals surface area contributed by atoms with E-state index >= 15 is 0 Å². The van der Waals surface area contributed by atoms with Crippen LogP contribution < -0.4 is 16.2 Å². The van der Waals surface area contributed by atoms with Gasteiger partial charge in [0.25, 0.3) is 0 Å². The average molecular weight is 246 g/mol. The van der Waals surface area contributed by atoms with Gasteiger partial charge in [0.05, 0.1) is 23.9 Å². The number of pyridine rings is 1. The molecule has 1 heterocycles. The fourth-order valence-electron chi connectivity index (χ4n) is 1.17. The number of halogens is 3. The zero-order valence-corrected chi connectivity index (χ0v) is 8.58. The van der Waals surface area contributed by atoms with Gasteiger partial charge < -0.3 is 16.2 Å². The number of ether oxygens (including phenoxy) is 1. The maximum absolute atomic E-state index is 12.1. The molecule has 0 aromatic carbocycles. The first-order valence-electron chi connectivity index (χ1n) is 4.48. The molecule has 0 atom stereocenters. The first kappa shape index (κ1) is 13.1. The molecule has 1 aromatic heterocycles. The molecule has 92 valence electrons. The summed E-state index contributed by atoms with van der Waals surface area (Å²) in [6, 6.07) is 3.14. The van der Waals surface area contributed by atoms with Gasteiger partial charge in [0.2, 0.25) is 5.88 Å². The zero-order valence-electron chi connectivity index (χ0n) is 8.58. The Bertz CT molecular complexity index is 453. The SMILES string of the molecule is N#CCc1cc(CN)c(N)c(OC(F)(F)F)n1. The lowest BCUT2D eigenvalue weighted by molar-refractivity contribution is -0.275. The van der Waals surface area contributed by atoms with Gasteiger partial charge in [0, 0.05) is 6.54 Å². The minimum atomic E-state index is -4.89. The number of nitrogens with two attached hydrogens (primary N) is 2. The quantitative estimate of drug-likeness (QED) is 0.831. The largest absolute Gasteiger partial charge is 0.574 e. The van der Waals surface area contributed by atoms with E-state index < -0.39 is 12.2 Å². The number of nitrogens with zero attached hydrogens (tertiary/aromatic N) is 2. The summed E-state index contributed by atoms with van der Waals surface area (Å²) < 4.78 is 39.8. The molecule has 0 bridgehead atoms. The lowest BCUT2D eigenvalue weighted by Gasteiger charge is -2.13. The molecule has 5 nitrogen and oxygen atoms in total. The van der Waals surface area contributed by atoms with Crippen LogP contribution in [0.1, 0.15) is 11.3 Å². The molecule has 1 aromatic rings. The highest BCUT2D eigenvalue weighted by molar-refractivity contribution is 5.55. The van der Waals surface area contributed by atoms with Gasteiger partial charge in [-0.1, -0.05) is 0 Å². The fourth-order valence-corrected chi connectivity index (χ4v) is 1.17. The van der Waals surface area contributed by atoms with Crippen LogP contribution in [-0.4, -0.2) is 11.3 Å². The summed E-state index contributed by atoms with van der Waals surface area (Å²) in [6.45, 7) is -0.0685.